The summed E-state index contributed by atoms with van der Waals surface area (Å²) in [4.78, 5) is 2.22. The number of benzene rings is 1. The number of nitrogens with zero attached hydrogens (tertiary/aromatic N) is 1. The van der Waals surface area contributed by atoms with Crippen molar-refractivity contribution in [2.75, 3.05) is 25.5 Å². The molecule has 0 bridgehead atoms. The predicted octanol–water partition coefficient (Wildman–Crippen LogP) is 3.43. The molecule has 2 rings (SSSR count). The van der Waals surface area contributed by atoms with E-state index in [0.29, 0.717) is 6.04 Å². The van der Waals surface area contributed by atoms with Gasteiger partial charge in [0.2, 0.25) is 0 Å². The SMILES string of the molecule is CNC(CN(C)c1ccc(F)cc1)C1CCCCC1. The van der Waals surface area contributed by atoms with Crippen LogP contribution in [0.5, 0.6) is 0 Å². The number of halogens is 1. The van der Waals surface area contributed by atoms with Gasteiger partial charge < -0.3 is 10.2 Å². The van der Waals surface area contributed by atoms with Crippen molar-refractivity contribution in [1.29, 1.82) is 0 Å². The Morgan fingerprint density at radius 3 is 2.42 bits per heavy atom. The van der Waals surface area contributed by atoms with E-state index >= 15 is 0 Å². The van der Waals surface area contributed by atoms with E-state index in [2.05, 4.69) is 24.3 Å². The van der Waals surface area contributed by atoms with Crippen molar-refractivity contribution >= 4 is 5.69 Å². The molecular weight excluding hydrogens is 239 g/mol. The molecule has 0 aromatic heterocycles. The molecule has 0 heterocycles. The smallest absolute Gasteiger partial charge is 0.123 e. The van der Waals surface area contributed by atoms with Gasteiger partial charge in [-0.2, -0.15) is 0 Å². The molecule has 1 aromatic carbocycles. The monoisotopic (exact) mass is 264 g/mol. The van der Waals surface area contributed by atoms with E-state index < -0.39 is 0 Å². The minimum absolute atomic E-state index is 0.172. The first-order valence-electron chi connectivity index (χ1n) is 7.34. The van der Waals surface area contributed by atoms with Gasteiger partial charge in [-0.15, -0.1) is 0 Å². The number of hydrogen-bond acceptors (Lipinski definition) is 2. The van der Waals surface area contributed by atoms with Crippen LogP contribution in [-0.2, 0) is 0 Å². The number of anilines is 1. The highest BCUT2D eigenvalue weighted by molar-refractivity contribution is 5.45. The highest BCUT2D eigenvalue weighted by Crippen LogP contribution is 2.27. The molecule has 0 amide bonds. The third-order valence-electron chi connectivity index (χ3n) is 4.33. The Balaban J connectivity index is 1.95. The summed E-state index contributed by atoms with van der Waals surface area (Å²) >= 11 is 0. The molecule has 19 heavy (non-hydrogen) atoms. The first kappa shape index (κ1) is 14.3. The van der Waals surface area contributed by atoms with E-state index in [0.717, 1.165) is 18.2 Å². The zero-order chi connectivity index (χ0) is 13.7. The number of rotatable bonds is 5. The molecule has 1 aliphatic rings. The predicted molar refractivity (Wildman–Crippen MR) is 79.1 cm³/mol. The fourth-order valence-corrected chi connectivity index (χ4v) is 3.11. The van der Waals surface area contributed by atoms with Crippen LogP contribution in [0.4, 0.5) is 10.1 Å². The molecule has 1 fully saturated rings. The third kappa shape index (κ3) is 3.93. The minimum Gasteiger partial charge on any atom is -0.373 e. The van der Waals surface area contributed by atoms with Gasteiger partial charge in [0.25, 0.3) is 0 Å². The van der Waals surface area contributed by atoms with Crippen molar-refractivity contribution in [2.24, 2.45) is 5.92 Å². The molecule has 0 spiro atoms. The molecule has 0 saturated heterocycles. The lowest BCUT2D eigenvalue weighted by Gasteiger charge is -2.33. The van der Waals surface area contributed by atoms with Crippen LogP contribution in [0.1, 0.15) is 32.1 Å². The van der Waals surface area contributed by atoms with Crippen LogP contribution in [-0.4, -0.2) is 26.7 Å². The summed E-state index contributed by atoms with van der Waals surface area (Å²) in [6, 6.07) is 7.28. The van der Waals surface area contributed by atoms with Crippen LogP contribution in [0.25, 0.3) is 0 Å². The Bertz CT molecular complexity index is 371. The van der Waals surface area contributed by atoms with E-state index in [9.17, 15) is 4.39 Å². The Kier molecular flexibility index (Phi) is 5.20. The van der Waals surface area contributed by atoms with Gasteiger partial charge in [-0.25, -0.2) is 4.39 Å². The van der Waals surface area contributed by atoms with Gasteiger partial charge in [-0.1, -0.05) is 19.3 Å². The summed E-state index contributed by atoms with van der Waals surface area (Å²) in [6.07, 6.45) is 6.79. The molecule has 1 saturated carbocycles. The highest BCUT2D eigenvalue weighted by atomic mass is 19.1. The maximum atomic E-state index is 12.9. The second kappa shape index (κ2) is 6.90. The molecule has 1 N–H and O–H groups in total. The van der Waals surface area contributed by atoms with Crippen molar-refractivity contribution in [1.82, 2.24) is 5.32 Å². The molecular formula is C16H25FN2. The third-order valence-corrected chi connectivity index (χ3v) is 4.33. The Labute approximate surface area is 116 Å². The molecule has 3 heteroatoms. The highest BCUT2D eigenvalue weighted by Gasteiger charge is 2.23. The summed E-state index contributed by atoms with van der Waals surface area (Å²) in [7, 11) is 4.14. The Morgan fingerprint density at radius 2 is 1.84 bits per heavy atom. The second-order valence-electron chi connectivity index (χ2n) is 5.65. The topological polar surface area (TPSA) is 15.3 Å². The van der Waals surface area contributed by atoms with Crippen LogP contribution in [0.2, 0.25) is 0 Å². The Morgan fingerprint density at radius 1 is 1.21 bits per heavy atom. The number of nitrogens with one attached hydrogen (secondary N) is 1. The average molecular weight is 264 g/mol. The molecule has 0 aliphatic heterocycles. The summed E-state index contributed by atoms with van der Waals surface area (Å²) in [6.45, 7) is 0.979. The van der Waals surface area contributed by atoms with Crippen LogP contribution in [0.3, 0.4) is 0 Å². The summed E-state index contributed by atoms with van der Waals surface area (Å²) in [5.41, 5.74) is 1.08. The second-order valence-corrected chi connectivity index (χ2v) is 5.65. The zero-order valence-electron chi connectivity index (χ0n) is 12.0. The first-order valence-corrected chi connectivity index (χ1v) is 7.34. The van der Waals surface area contributed by atoms with Crippen LogP contribution < -0.4 is 10.2 Å². The molecule has 1 unspecified atom stereocenters. The van der Waals surface area contributed by atoms with Crippen LogP contribution >= 0.6 is 0 Å². The molecule has 106 valence electrons. The molecule has 1 aromatic rings. The van der Waals surface area contributed by atoms with Gasteiger partial charge in [0.1, 0.15) is 5.82 Å². The van der Waals surface area contributed by atoms with Crippen LogP contribution in [0, 0.1) is 11.7 Å². The quantitative estimate of drug-likeness (QED) is 0.876. The van der Waals surface area contributed by atoms with E-state index in [1.165, 1.54) is 44.2 Å². The van der Waals surface area contributed by atoms with Crippen molar-refractivity contribution in [2.45, 2.75) is 38.1 Å². The van der Waals surface area contributed by atoms with Gasteiger partial charge in [0.05, 0.1) is 0 Å². The van der Waals surface area contributed by atoms with E-state index in [-0.39, 0.29) is 5.82 Å². The van der Waals surface area contributed by atoms with Crippen molar-refractivity contribution in [3.05, 3.63) is 30.1 Å². The zero-order valence-corrected chi connectivity index (χ0v) is 12.0. The molecule has 1 atom stereocenters. The van der Waals surface area contributed by atoms with Crippen molar-refractivity contribution < 1.29 is 4.39 Å². The van der Waals surface area contributed by atoms with Crippen molar-refractivity contribution in [3.8, 4) is 0 Å². The molecule has 2 nitrogen and oxygen atoms in total. The van der Waals surface area contributed by atoms with E-state index in [4.69, 9.17) is 0 Å². The van der Waals surface area contributed by atoms with Gasteiger partial charge in [0.15, 0.2) is 0 Å². The van der Waals surface area contributed by atoms with Crippen LogP contribution in [0.15, 0.2) is 24.3 Å². The summed E-state index contributed by atoms with van der Waals surface area (Å²) in [5.74, 6) is 0.608. The summed E-state index contributed by atoms with van der Waals surface area (Å²) < 4.78 is 12.9. The average Bonchev–Trinajstić information content (AvgIpc) is 2.46. The lowest BCUT2D eigenvalue weighted by molar-refractivity contribution is 0.280. The largest absolute Gasteiger partial charge is 0.373 e. The number of hydrogen-bond donors (Lipinski definition) is 1. The molecule has 0 radical (unpaired) electrons. The fourth-order valence-electron chi connectivity index (χ4n) is 3.11. The summed E-state index contributed by atoms with van der Waals surface area (Å²) in [5, 5.41) is 3.47. The van der Waals surface area contributed by atoms with E-state index in [1.54, 1.807) is 0 Å². The standard InChI is InChI=1S/C16H25FN2/c1-18-16(13-6-4-3-5-7-13)12-19(2)15-10-8-14(17)9-11-15/h8-11,13,16,18H,3-7,12H2,1-2H3. The first-order chi connectivity index (χ1) is 9.20. The maximum Gasteiger partial charge on any atom is 0.123 e. The minimum atomic E-state index is -0.172. The van der Waals surface area contributed by atoms with Gasteiger partial charge in [-0.3, -0.25) is 0 Å². The Hall–Kier alpha value is -1.09. The van der Waals surface area contributed by atoms with Gasteiger partial charge >= 0.3 is 0 Å². The maximum absolute atomic E-state index is 12.9. The lowest BCUT2D eigenvalue weighted by atomic mass is 9.83. The van der Waals surface area contributed by atoms with E-state index in [1.807, 2.05) is 12.1 Å². The van der Waals surface area contributed by atoms with Gasteiger partial charge in [-0.05, 0) is 50.1 Å². The van der Waals surface area contributed by atoms with Gasteiger partial charge in [0, 0.05) is 25.3 Å². The number of likely N-dealkylation sites (N-methyl/N-ethyl adjacent to an activating group) is 2. The molecule has 1 aliphatic carbocycles. The van der Waals surface area contributed by atoms with Crippen molar-refractivity contribution in [3.63, 3.8) is 0 Å². The lowest BCUT2D eigenvalue weighted by Crippen LogP contribution is -2.43. The normalized spacial score (nSPS) is 18.3. The fraction of sp³-hybridized carbons (Fsp3) is 0.625.